The van der Waals surface area contributed by atoms with Gasteiger partial charge in [0.15, 0.2) is 0 Å². The molecule has 3 rings (SSSR count). The molecule has 0 amide bonds. The highest BCUT2D eigenvalue weighted by atomic mass is 32.2. The molecule has 0 aliphatic rings. The Morgan fingerprint density at radius 1 is 1.00 bits per heavy atom. The third kappa shape index (κ3) is 4.37. The molecule has 0 bridgehead atoms. The van der Waals surface area contributed by atoms with Gasteiger partial charge in [-0.05, 0) is 24.3 Å². The zero-order valence-electron chi connectivity index (χ0n) is 17.1. The zero-order chi connectivity index (χ0) is 21.2. The van der Waals surface area contributed by atoms with Crippen molar-refractivity contribution in [2.24, 2.45) is 0 Å². The van der Waals surface area contributed by atoms with Crippen molar-refractivity contribution >= 4 is 15.7 Å². The fraction of sp³-hybridized carbons (Fsp3) is 0.286. The molecule has 0 aliphatic carbocycles. The van der Waals surface area contributed by atoms with Gasteiger partial charge >= 0.3 is 0 Å². The Bertz CT molecular complexity index is 1100. The summed E-state index contributed by atoms with van der Waals surface area (Å²) in [6, 6.07) is 14.3. The van der Waals surface area contributed by atoms with Crippen molar-refractivity contribution in [3.05, 3.63) is 60.4 Å². The predicted molar refractivity (Wildman–Crippen MR) is 113 cm³/mol. The monoisotopic (exact) mass is 415 g/mol. The fourth-order valence-electron chi connectivity index (χ4n) is 2.88. The molecule has 3 aromatic rings. The van der Waals surface area contributed by atoms with Crippen LogP contribution in [-0.2, 0) is 15.4 Å². The number of rotatable bonds is 6. The summed E-state index contributed by atoms with van der Waals surface area (Å²) in [4.78, 5) is 0.110. The summed E-state index contributed by atoms with van der Waals surface area (Å²) in [5.41, 5.74) is 1.05. The molecule has 2 aromatic carbocycles. The Morgan fingerprint density at radius 3 is 2.28 bits per heavy atom. The van der Waals surface area contributed by atoms with Crippen LogP contribution in [0.25, 0.3) is 5.69 Å². The van der Waals surface area contributed by atoms with E-state index in [-0.39, 0.29) is 4.90 Å². The number of aromatic nitrogens is 2. The predicted octanol–water partition coefficient (Wildman–Crippen LogP) is 3.99. The first kappa shape index (κ1) is 20.7. The average molecular weight is 416 g/mol. The maximum atomic E-state index is 13.3. The topological polar surface area (TPSA) is 82.5 Å². The van der Waals surface area contributed by atoms with Crippen molar-refractivity contribution in [1.82, 2.24) is 9.78 Å². The van der Waals surface area contributed by atoms with Gasteiger partial charge in [-0.25, -0.2) is 13.1 Å². The third-order valence-electron chi connectivity index (χ3n) is 4.35. The van der Waals surface area contributed by atoms with Gasteiger partial charge in [0.1, 0.15) is 16.4 Å². The first-order chi connectivity index (χ1) is 13.7. The molecule has 0 atom stereocenters. The average Bonchev–Trinajstić information content (AvgIpc) is 3.15. The minimum Gasteiger partial charge on any atom is -0.497 e. The van der Waals surface area contributed by atoms with E-state index in [0.717, 1.165) is 5.69 Å². The van der Waals surface area contributed by atoms with Gasteiger partial charge in [0.2, 0.25) is 0 Å². The lowest BCUT2D eigenvalue weighted by Gasteiger charge is -2.18. The highest BCUT2D eigenvalue weighted by Crippen LogP contribution is 2.34. The largest absolute Gasteiger partial charge is 0.497 e. The maximum absolute atomic E-state index is 13.3. The van der Waals surface area contributed by atoms with Gasteiger partial charge in [-0.3, -0.25) is 4.72 Å². The summed E-state index contributed by atoms with van der Waals surface area (Å²) in [5, 5.41) is 4.58. The first-order valence-corrected chi connectivity index (χ1v) is 10.5. The van der Waals surface area contributed by atoms with E-state index in [2.05, 4.69) is 9.82 Å². The Labute approximate surface area is 171 Å². The SMILES string of the molecule is COc1ccc(OC)c(NS(=O)(=O)c2cn(-c3ccccc3)nc2C(C)(C)C)c1. The second-order valence-corrected chi connectivity index (χ2v) is 9.19. The molecule has 0 radical (unpaired) electrons. The lowest BCUT2D eigenvalue weighted by atomic mass is 9.92. The van der Waals surface area contributed by atoms with Gasteiger partial charge < -0.3 is 9.47 Å². The van der Waals surface area contributed by atoms with Crippen molar-refractivity contribution in [2.75, 3.05) is 18.9 Å². The molecule has 8 heteroatoms. The van der Waals surface area contributed by atoms with Crippen molar-refractivity contribution in [2.45, 2.75) is 31.1 Å². The van der Waals surface area contributed by atoms with Crippen molar-refractivity contribution in [3.63, 3.8) is 0 Å². The molecule has 0 saturated carbocycles. The fourth-order valence-corrected chi connectivity index (χ4v) is 4.28. The number of ether oxygens (including phenoxy) is 2. The molecular weight excluding hydrogens is 390 g/mol. The van der Waals surface area contributed by atoms with Crippen LogP contribution < -0.4 is 14.2 Å². The first-order valence-electron chi connectivity index (χ1n) is 9.06. The van der Waals surface area contributed by atoms with Crippen molar-refractivity contribution in [3.8, 4) is 17.2 Å². The number of hydrogen-bond donors (Lipinski definition) is 1. The number of benzene rings is 2. The molecule has 1 aromatic heterocycles. The summed E-state index contributed by atoms with van der Waals surface area (Å²) < 4.78 is 41.3. The van der Waals surface area contributed by atoms with E-state index < -0.39 is 15.4 Å². The standard InChI is InChI=1S/C21H25N3O4S/c1-21(2,3)20-19(14-24(22-20)15-9-7-6-8-10-15)29(25,26)23-17-13-16(27-4)11-12-18(17)28-5/h6-14,23H,1-5H3. The smallest absolute Gasteiger partial charge is 0.265 e. The van der Waals surface area contributed by atoms with E-state index in [1.807, 2.05) is 51.1 Å². The zero-order valence-corrected chi connectivity index (χ0v) is 17.9. The van der Waals surface area contributed by atoms with Crippen LogP contribution in [0.4, 0.5) is 5.69 Å². The molecular formula is C21H25N3O4S. The molecule has 7 nitrogen and oxygen atoms in total. The van der Waals surface area contributed by atoms with Gasteiger partial charge in [-0.15, -0.1) is 0 Å². The van der Waals surface area contributed by atoms with Gasteiger partial charge in [0.25, 0.3) is 10.0 Å². The van der Waals surface area contributed by atoms with Crippen LogP contribution in [0.3, 0.4) is 0 Å². The molecule has 29 heavy (non-hydrogen) atoms. The third-order valence-corrected chi connectivity index (χ3v) is 5.72. The summed E-state index contributed by atoms with van der Waals surface area (Å²) in [6.07, 6.45) is 1.53. The minimum absolute atomic E-state index is 0.110. The lowest BCUT2D eigenvalue weighted by molar-refractivity contribution is 0.405. The highest BCUT2D eigenvalue weighted by Gasteiger charge is 2.31. The Balaban J connectivity index is 2.10. The second kappa shape index (κ2) is 7.79. The molecule has 0 saturated heterocycles. The van der Waals surface area contributed by atoms with Gasteiger partial charge in [-0.2, -0.15) is 5.10 Å². The quantitative estimate of drug-likeness (QED) is 0.658. The van der Waals surface area contributed by atoms with Crippen molar-refractivity contribution < 1.29 is 17.9 Å². The summed E-state index contributed by atoms with van der Waals surface area (Å²) >= 11 is 0. The molecule has 0 aliphatic heterocycles. The van der Waals surface area contributed by atoms with E-state index in [1.54, 1.807) is 22.9 Å². The highest BCUT2D eigenvalue weighted by molar-refractivity contribution is 7.92. The van der Waals surface area contributed by atoms with Gasteiger partial charge in [-0.1, -0.05) is 39.0 Å². The number of nitrogens with zero attached hydrogens (tertiary/aromatic N) is 2. The van der Waals surface area contributed by atoms with Crippen LogP contribution in [-0.4, -0.2) is 32.4 Å². The molecule has 1 heterocycles. The number of methoxy groups -OCH3 is 2. The molecule has 0 fully saturated rings. The van der Waals surface area contributed by atoms with E-state index in [0.29, 0.717) is 22.9 Å². The summed E-state index contributed by atoms with van der Waals surface area (Å²) in [6.45, 7) is 5.78. The van der Waals surface area contributed by atoms with E-state index in [4.69, 9.17) is 9.47 Å². The summed E-state index contributed by atoms with van der Waals surface area (Å²) in [7, 11) is -0.945. The molecule has 0 unspecified atom stereocenters. The molecule has 0 spiro atoms. The van der Waals surface area contributed by atoms with E-state index >= 15 is 0 Å². The van der Waals surface area contributed by atoms with Crippen LogP contribution in [0.1, 0.15) is 26.5 Å². The lowest BCUT2D eigenvalue weighted by Crippen LogP contribution is -2.20. The van der Waals surface area contributed by atoms with Crippen LogP contribution in [0.5, 0.6) is 11.5 Å². The number of hydrogen-bond acceptors (Lipinski definition) is 5. The summed E-state index contributed by atoms with van der Waals surface area (Å²) in [5.74, 6) is 0.904. The second-order valence-electron chi connectivity index (χ2n) is 7.54. The minimum atomic E-state index is -3.94. The number of para-hydroxylation sites is 1. The van der Waals surface area contributed by atoms with Crippen LogP contribution in [0, 0.1) is 0 Å². The van der Waals surface area contributed by atoms with Gasteiger partial charge in [0.05, 0.1) is 37.5 Å². The molecule has 1 N–H and O–H groups in total. The van der Waals surface area contributed by atoms with E-state index in [9.17, 15) is 8.42 Å². The number of sulfonamides is 1. The van der Waals surface area contributed by atoms with Crippen molar-refractivity contribution in [1.29, 1.82) is 0 Å². The normalized spacial score (nSPS) is 11.9. The van der Waals surface area contributed by atoms with Crippen LogP contribution >= 0.6 is 0 Å². The number of anilines is 1. The maximum Gasteiger partial charge on any atom is 0.265 e. The Hall–Kier alpha value is -3.00. The number of nitrogens with one attached hydrogen (secondary N) is 1. The molecule has 154 valence electrons. The van der Waals surface area contributed by atoms with E-state index in [1.165, 1.54) is 20.4 Å². The Morgan fingerprint density at radius 2 is 1.69 bits per heavy atom. The Kier molecular flexibility index (Phi) is 5.57. The van der Waals surface area contributed by atoms with Gasteiger partial charge in [0, 0.05) is 11.5 Å². The van der Waals surface area contributed by atoms with Crippen LogP contribution in [0.15, 0.2) is 59.6 Å². The van der Waals surface area contributed by atoms with Crippen LogP contribution in [0.2, 0.25) is 0 Å².